The topological polar surface area (TPSA) is 78.9 Å². The van der Waals surface area contributed by atoms with Crippen LogP contribution in [0.4, 0.5) is 0 Å². The SMILES string of the molecule is CCOC(=O)C[C@H](OC(=O)c1ccccc1)C(=O)OCC. The molecule has 0 radical (unpaired) electrons. The third kappa shape index (κ3) is 5.64. The summed E-state index contributed by atoms with van der Waals surface area (Å²) in [5.41, 5.74) is 0.288. The third-order valence-electron chi connectivity index (χ3n) is 2.47. The molecule has 0 spiro atoms. The molecule has 0 N–H and O–H groups in total. The van der Waals surface area contributed by atoms with Crippen molar-refractivity contribution in [3.05, 3.63) is 35.9 Å². The van der Waals surface area contributed by atoms with E-state index in [4.69, 9.17) is 14.2 Å². The van der Waals surface area contributed by atoms with Gasteiger partial charge in [0, 0.05) is 0 Å². The summed E-state index contributed by atoms with van der Waals surface area (Å²) < 4.78 is 14.6. The van der Waals surface area contributed by atoms with Crippen molar-refractivity contribution in [1.82, 2.24) is 0 Å². The van der Waals surface area contributed by atoms with Gasteiger partial charge in [0.1, 0.15) is 0 Å². The van der Waals surface area contributed by atoms with Crippen LogP contribution in [-0.4, -0.2) is 37.2 Å². The second-order valence-electron chi connectivity index (χ2n) is 4.02. The first-order valence-electron chi connectivity index (χ1n) is 6.66. The van der Waals surface area contributed by atoms with Gasteiger partial charge in [0.15, 0.2) is 0 Å². The van der Waals surface area contributed by atoms with E-state index in [1.54, 1.807) is 44.2 Å². The maximum atomic E-state index is 11.9. The summed E-state index contributed by atoms with van der Waals surface area (Å²) in [6.45, 7) is 3.58. The monoisotopic (exact) mass is 294 g/mol. The Labute approximate surface area is 123 Å². The highest BCUT2D eigenvalue weighted by Crippen LogP contribution is 2.09. The molecule has 0 bridgehead atoms. The Balaban J connectivity index is 2.74. The number of ether oxygens (including phenoxy) is 3. The molecule has 0 aliphatic carbocycles. The fourth-order valence-electron chi connectivity index (χ4n) is 1.55. The van der Waals surface area contributed by atoms with Crippen molar-refractivity contribution in [3.63, 3.8) is 0 Å². The number of esters is 3. The molecular formula is C15H18O6. The highest BCUT2D eigenvalue weighted by Gasteiger charge is 2.28. The van der Waals surface area contributed by atoms with Gasteiger partial charge in [0.25, 0.3) is 0 Å². The van der Waals surface area contributed by atoms with Gasteiger partial charge in [-0.25, -0.2) is 9.59 Å². The van der Waals surface area contributed by atoms with Gasteiger partial charge in [-0.15, -0.1) is 0 Å². The lowest BCUT2D eigenvalue weighted by atomic mass is 10.2. The fraction of sp³-hybridized carbons (Fsp3) is 0.400. The number of carbonyl (C=O) groups excluding carboxylic acids is 3. The van der Waals surface area contributed by atoms with Crippen molar-refractivity contribution in [3.8, 4) is 0 Å². The normalized spacial score (nSPS) is 11.3. The summed E-state index contributed by atoms with van der Waals surface area (Å²) in [5, 5.41) is 0. The van der Waals surface area contributed by atoms with Crippen LogP contribution in [0.3, 0.4) is 0 Å². The maximum absolute atomic E-state index is 11.9. The lowest BCUT2D eigenvalue weighted by Gasteiger charge is -2.15. The molecule has 21 heavy (non-hydrogen) atoms. The van der Waals surface area contributed by atoms with Gasteiger partial charge < -0.3 is 14.2 Å². The standard InChI is InChI=1S/C15H18O6/c1-3-19-13(16)10-12(15(18)20-4-2)21-14(17)11-8-6-5-7-9-11/h5-9,12H,3-4,10H2,1-2H3/t12-/m0/s1. The van der Waals surface area contributed by atoms with Crippen molar-refractivity contribution >= 4 is 17.9 Å². The first-order chi connectivity index (χ1) is 10.1. The Morgan fingerprint density at radius 3 is 2.19 bits per heavy atom. The first-order valence-corrected chi connectivity index (χ1v) is 6.66. The van der Waals surface area contributed by atoms with Crippen LogP contribution in [-0.2, 0) is 23.8 Å². The van der Waals surface area contributed by atoms with E-state index < -0.39 is 24.0 Å². The minimum absolute atomic E-state index is 0.126. The van der Waals surface area contributed by atoms with Gasteiger partial charge in [-0.3, -0.25) is 4.79 Å². The quantitative estimate of drug-likeness (QED) is 0.563. The Morgan fingerprint density at radius 1 is 1.00 bits per heavy atom. The summed E-state index contributed by atoms with van der Waals surface area (Å²) in [5.74, 6) is -2.09. The van der Waals surface area contributed by atoms with E-state index in [2.05, 4.69) is 0 Å². The number of hydrogen-bond donors (Lipinski definition) is 0. The zero-order chi connectivity index (χ0) is 15.7. The Bertz CT molecular complexity index is 482. The van der Waals surface area contributed by atoms with Crippen LogP contribution >= 0.6 is 0 Å². The van der Waals surface area contributed by atoms with Crippen LogP contribution < -0.4 is 0 Å². The largest absolute Gasteiger partial charge is 0.466 e. The van der Waals surface area contributed by atoms with Gasteiger partial charge >= 0.3 is 17.9 Å². The molecule has 1 aromatic carbocycles. The van der Waals surface area contributed by atoms with E-state index in [1.165, 1.54) is 0 Å². The zero-order valence-corrected chi connectivity index (χ0v) is 12.0. The molecule has 1 rings (SSSR count). The van der Waals surface area contributed by atoms with E-state index in [0.717, 1.165) is 0 Å². The van der Waals surface area contributed by atoms with E-state index in [-0.39, 0.29) is 25.2 Å². The summed E-state index contributed by atoms with van der Waals surface area (Å²) in [4.78, 5) is 35.1. The van der Waals surface area contributed by atoms with Crippen molar-refractivity contribution in [2.75, 3.05) is 13.2 Å². The molecule has 0 saturated carbocycles. The molecule has 1 atom stereocenters. The average molecular weight is 294 g/mol. The van der Waals surface area contributed by atoms with Crippen LogP contribution in [0.2, 0.25) is 0 Å². The molecular weight excluding hydrogens is 276 g/mol. The molecule has 6 heteroatoms. The Morgan fingerprint density at radius 2 is 1.62 bits per heavy atom. The summed E-state index contributed by atoms with van der Waals surface area (Å²) in [6, 6.07) is 8.19. The molecule has 0 aliphatic heterocycles. The van der Waals surface area contributed by atoms with E-state index in [0.29, 0.717) is 0 Å². The molecule has 0 aromatic heterocycles. The minimum atomic E-state index is -1.31. The highest BCUT2D eigenvalue weighted by atomic mass is 16.6. The van der Waals surface area contributed by atoms with Crippen LogP contribution in [0.15, 0.2) is 30.3 Å². The van der Waals surface area contributed by atoms with Gasteiger partial charge in [0.05, 0.1) is 25.2 Å². The first kappa shape index (κ1) is 16.7. The number of carbonyl (C=O) groups is 3. The number of hydrogen-bond acceptors (Lipinski definition) is 6. The van der Waals surface area contributed by atoms with Gasteiger partial charge in [-0.1, -0.05) is 18.2 Å². The summed E-state index contributed by atoms with van der Waals surface area (Å²) in [7, 11) is 0. The van der Waals surface area contributed by atoms with Gasteiger partial charge in [0.2, 0.25) is 6.10 Å². The van der Waals surface area contributed by atoms with Gasteiger partial charge in [-0.05, 0) is 26.0 Å². The number of benzene rings is 1. The molecule has 0 fully saturated rings. The van der Waals surface area contributed by atoms with E-state index >= 15 is 0 Å². The van der Waals surface area contributed by atoms with E-state index in [9.17, 15) is 14.4 Å². The summed E-state index contributed by atoms with van der Waals surface area (Å²) in [6.07, 6.45) is -1.68. The molecule has 0 aliphatic rings. The molecule has 0 unspecified atom stereocenters. The molecule has 0 amide bonds. The third-order valence-corrected chi connectivity index (χ3v) is 2.47. The fourth-order valence-corrected chi connectivity index (χ4v) is 1.55. The maximum Gasteiger partial charge on any atom is 0.348 e. The summed E-state index contributed by atoms with van der Waals surface area (Å²) >= 11 is 0. The predicted octanol–water partition coefficient (Wildman–Crippen LogP) is 1.73. The lowest BCUT2D eigenvalue weighted by molar-refractivity contribution is -0.160. The van der Waals surface area contributed by atoms with E-state index in [1.807, 2.05) is 0 Å². The van der Waals surface area contributed by atoms with Crippen molar-refractivity contribution in [2.45, 2.75) is 26.4 Å². The predicted molar refractivity (Wildman–Crippen MR) is 73.5 cm³/mol. The van der Waals surface area contributed by atoms with Crippen LogP contribution in [0.1, 0.15) is 30.6 Å². The van der Waals surface area contributed by atoms with Crippen molar-refractivity contribution in [2.24, 2.45) is 0 Å². The molecule has 6 nitrogen and oxygen atoms in total. The molecule has 0 saturated heterocycles. The second-order valence-corrected chi connectivity index (χ2v) is 4.02. The van der Waals surface area contributed by atoms with Gasteiger partial charge in [-0.2, -0.15) is 0 Å². The highest BCUT2D eigenvalue weighted by molar-refractivity contribution is 5.92. The van der Waals surface area contributed by atoms with Crippen molar-refractivity contribution in [1.29, 1.82) is 0 Å². The second kappa shape index (κ2) is 8.73. The lowest BCUT2D eigenvalue weighted by Crippen LogP contribution is -2.32. The van der Waals surface area contributed by atoms with Crippen molar-refractivity contribution < 1.29 is 28.6 Å². The molecule has 114 valence electrons. The van der Waals surface area contributed by atoms with Crippen LogP contribution in [0.25, 0.3) is 0 Å². The van der Waals surface area contributed by atoms with Crippen LogP contribution in [0.5, 0.6) is 0 Å². The Kier molecular flexibility index (Phi) is 6.94. The average Bonchev–Trinajstić information content (AvgIpc) is 2.48. The van der Waals surface area contributed by atoms with Crippen LogP contribution in [0, 0.1) is 0 Å². The Hall–Kier alpha value is -2.37. The zero-order valence-electron chi connectivity index (χ0n) is 12.0. The molecule has 0 heterocycles. The smallest absolute Gasteiger partial charge is 0.348 e. The minimum Gasteiger partial charge on any atom is -0.466 e. The molecule has 1 aromatic rings. The number of rotatable bonds is 7.